The summed E-state index contributed by atoms with van der Waals surface area (Å²) in [7, 11) is 1.36. The van der Waals surface area contributed by atoms with E-state index in [9.17, 15) is 9.59 Å². The number of amides is 1. The van der Waals surface area contributed by atoms with Crippen molar-refractivity contribution < 1.29 is 19.1 Å². The summed E-state index contributed by atoms with van der Waals surface area (Å²) < 4.78 is 10.3. The molecule has 3 aromatic rings. The fourth-order valence-electron chi connectivity index (χ4n) is 4.08. The van der Waals surface area contributed by atoms with E-state index in [4.69, 9.17) is 9.47 Å². The van der Waals surface area contributed by atoms with E-state index in [-0.39, 0.29) is 18.5 Å². The minimum Gasteiger partial charge on any atom is -0.465 e. The highest BCUT2D eigenvalue weighted by Crippen LogP contribution is 2.44. The topological polar surface area (TPSA) is 64.6 Å². The average Bonchev–Trinajstić information content (AvgIpc) is 3.16. The number of aryl methyl sites for hydroxylation is 1. The van der Waals surface area contributed by atoms with Gasteiger partial charge in [0.25, 0.3) is 0 Å². The maximum absolute atomic E-state index is 12.2. The molecule has 0 unspecified atom stereocenters. The predicted octanol–water partition coefficient (Wildman–Crippen LogP) is 5.06. The van der Waals surface area contributed by atoms with Crippen molar-refractivity contribution in [3.8, 4) is 23.0 Å². The van der Waals surface area contributed by atoms with Gasteiger partial charge in [-0.2, -0.15) is 0 Å². The smallest absolute Gasteiger partial charge is 0.407 e. The number of ether oxygens (including phenoxy) is 2. The van der Waals surface area contributed by atoms with Gasteiger partial charge in [-0.3, -0.25) is 0 Å². The monoisotopic (exact) mass is 439 g/mol. The van der Waals surface area contributed by atoms with Gasteiger partial charge in [-0.25, -0.2) is 9.59 Å². The largest absolute Gasteiger partial charge is 0.465 e. The lowest BCUT2D eigenvalue weighted by Gasteiger charge is -2.14. The number of methoxy groups -OCH3 is 1. The van der Waals surface area contributed by atoms with Gasteiger partial charge in [-0.1, -0.05) is 60.4 Å². The van der Waals surface area contributed by atoms with Crippen LogP contribution in [0.25, 0.3) is 11.1 Å². The summed E-state index contributed by atoms with van der Waals surface area (Å²) >= 11 is 0. The lowest BCUT2D eigenvalue weighted by molar-refractivity contribution is 0.0600. The van der Waals surface area contributed by atoms with Gasteiger partial charge in [0.1, 0.15) is 6.61 Å². The highest BCUT2D eigenvalue weighted by atomic mass is 16.5. The van der Waals surface area contributed by atoms with Gasteiger partial charge in [0.05, 0.1) is 12.7 Å². The molecule has 1 amide bonds. The van der Waals surface area contributed by atoms with Crippen LogP contribution >= 0.6 is 0 Å². The molecule has 0 saturated carbocycles. The van der Waals surface area contributed by atoms with Crippen molar-refractivity contribution in [2.24, 2.45) is 0 Å². The minimum absolute atomic E-state index is 0.0406. The minimum atomic E-state index is -0.447. The number of hydrogen-bond acceptors (Lipinski definition) is 4. The number of hydrogen-bond donors (Lipinski definition) is 1. The third-order valence-corrected chi connectivity index (χ3v) is 5.73. The fraction of sp³-hybridized carbons (Fsp3) is 0.214. The molecule has 0 heterocycles. The Kier molecular flexibility index (Phi) is 6.75. The van der Waals surface area contributed by atoms with Gasteiger partial charge < -0.3 is 14.8 Å². The molecule has 0 atom stereocenters. The quantitative estimate of drug-likeness (QED) is 0.343. The molecule has 1 aliphatic rings. The second kappa shape index (κ2) is 10.1. The van der Waals surface area contributed by atoms with Gasteiger partial charge in [-0.15, -0.1) is 0 Å². The van der Waals surface area contributed by atoms with Crippen LogP contribution < -0.4 is 5.32 Å². The normalized spacial score (nSPS) is 11.6. The summed E-state index contributed by atoms with van der Waals surface area (Å²) in [6.07, 6.45) is 0.0415. The second-order valence-electron chi connectivity index (χ2n) is 7.83. The highest BCUT2D eigenvalue weighted by Gasteiger charge is 2.28. The molecule has 5 heteroatoms. The summed E-state index contributed by atoms with van der Waals surface area (Å²) in [6.45, 7) is 2.58. The summed E-state index contributed by atoms with van der Waals surface area (Å²) in [5, 5.41) is 2.76. The molecule has 166 valence electrons. The number of fused-ring (bicyclic) bond motifs is 3. The van der Waals surface area contributed by atoms with Crippen LogP contribution in [0.3, 0.4) is 0 Å². The summed E-state index contributed by atoms with van der Waals surface area (Å²) in [5.74, 6) is 5.79. The van der Waals surface area contributed by atoms with Crippen molar-refractivity contribution in [3.63, 3.8) is 0 Å². The van der Waals surface area contributed by atoms with E-state index in [1.54, 1.807) is 18.2 Å². The first-order chi connectivity index (χ1) is 16.1. The Balaban J connectivity index is 1.27. The number of rotatable bonds is 5. The lowest BCUT2D eigenvalue weighted by atomic mass is 9.98. The number of esters is 1. The third-order valence-electron chi connectivity index (χ3n) is 5.73. The van der Waals surface area contributed by atoms with E-state index in [2.05, 4.69) is 41.4 Å². The van der Waals surface area contributed by atoms with Crippen LogP contribution in [-0.2, 0) is 9.47 Å². The van der Waals surface area contributed by atoms with Crippen molar-refractivity contribution in [1.29, 1.82) is 0 Å². The number of alkyl carbamates (subject to hydrolysis) is 1. The maximum Gasteiger partial charge on any atom is 0.407 e. The number of nitrogens with one attached hydrogen (secondary N) is 1. The molecular weight excluding hydrogens is 414 g/mol. The molecule has 1 aliphatic carbocycles. The fourth-order valence-corrected chi connectivity index (χ4v) is 4.08. The Labute approximate surface area is 193 Å². The molecule has 0 aliphatic heterocycles. The number of carbonyl (C=O) groups excluding carboxylic acids is 2. The Morgan fingerprint density at radius 2 is 1.64 bits per heavy atom. The van der Waals surface area contributed by atoms with E-state index in [1.165, 1.54) is 29.4 Å². The number of benzene rings is 3. The van der Waals surface area contributed by atoms with Gasteiger partial charge in [0, 0.05) is 24.4 Å². The molecule has 4 rings (SSSR count). The molecule has 0 saturated heterocycles. The first-order valence-electron chi connectivity index (χ1n) is 10.8. The van der Waals surface area contributed by atoms with Crippen LogP contribution in [0.15, 0.2) is 66.7 Å². The van der Waals surface area contributed by atoms with Crippen LogP contribution in [0.5, 0.6) is 0 Å². The van der Waals surface area contributed by atoms with E-state index in [0.717, 1.165) is 11.1 Å². The molecule has 0 radical (unpaired) electrons. The summed E-state index contributed by atoms with van der Waals surface area (Å²) in [6, 6.07) is 21.7. The predicted molar refractivity (Wildman–Crippen MR) is 127 cm³/mol. The lowest BCUT2D eigenvalue weighted by Crippen LogP contribution is -2.26. The van der Waals surface area contributed by atoms with Gasteiger partial charge in [-0.05, 0) is 52.9 Å². The molecule has 33 heavy (non-hydrogen) atoms. The zero-order chi connectivity index (χ0) is 23.2. The van der Waals surface area contributed by atoms with Crippen molar-refractivity contribution in [2.75, 3.05) is 20.3 Å². The summed E-state index contributed by atoms with van der Waals surface area (Å²) in [4.78, 5) is 23.8. The van der Waals surface area contributed by atoms with Gasteiger partial charge in [0.2, 0.25) is 0 Å². The summed E-state index contributed by atoms with van der Waals surface area (Å²) in [5.41, 5.74) is 7.01. The van der Waals surface area contributed by atoms with Crippen molar-refractivity contribution in [1.82, 2.24) is 5.32 Å². The third kappa shape index (κ3) is 4.91. The Morgan fingerprint density at radius 1 is 0.970 bits per heavy atom. The molecule has 1 N–H and O–H groups in total. The van der Waals surface area contributed by atoms with Crippen LogP contribution in [-0.4, -0.2) is 32.3 Å². The standard InChI is InChI=1S/C28H25NO4/c1-19-17-21(27(30)32-2)15-14-20(19)9-7-8-16-29-28(31)33-18-26-24-12-5-3-10-22(24)23-11-4-6-13-25(23)26/h3-6,10-15,17,26H,8,16,18H2,1-2H3,(H,29,31). The van der Waals surface area contributed by atoms with Crippen molar-refractivity contribution in [3.05, 3.63) is 94.5 Å². The van der Waals surface area contributed by atoms with E-state index in [1.807, 2.05) is 31.2 Å². The van der Waals surface area contributed by atoms with Gasteiger partial charge in [0.15, 0.2) is 0 Å². The van der Waals surface area contributed by atoms with Crippen LogP contribution in [0, 0.1) is 18.8 Å². The molecular formula is C28H25NO4. The van der Waals surface area contributed by atoms with E-state index < -0.39 is 6.09 Å². The Hall–Kier alpha value is -4.04. The Morgan fingerprint density at radius 3 is 2.27 bits per heavy atom. The molecule has 5 nitrogen and oxygen atoms in total. The maximum atomic E-state index is 12.2. The van der Waals surface area contributed by atoms with E-state index >= 15 is 0 Å². The highest BCUT2D eigenvalue weighted by molar-refractivity contribution is 5.89. The first-order valence-corrected chi connectivity index (χ1v) is 10.8. The van der Waals surface area contributed by atoms with Crippen LogP contribution in [0.2, 0.25) is 0 Å². The molecule has 0 fully saturated rings. The number of carbonyl (C=O) groups is 2. The Bertz CT molecular complexity index is 1210. The average molecular weight is 440 g/mol. The van der Waals surface area contributed by atoms with Crippen LogP contribution in [0.4, 0.5) is 4.79 Å². The molecule has 0 spiro atoms. The first kappa shape index (κ1) is 22.2. The second-order valence-corrected chi connectivity index (χ2v) is 7.83. The zero-order valence-corrected chi connectivity index (χ0v) is 18.7. The van der Waals surface area contributed by atoms with Crippen molar-refractivity contribution in [2.45, 2.75) is 19.3 Å². The van der Waals surface area contributed by atoms with Crippen LogP contribution in [0.1, 0.15) is 45.0 Å². The van der Waals surface area contributed by atoms with E-state index in [0.29, 0.717) is 18.5 Å². The molecule has 0 aromatic heterocycles. The van der Waals surface area contributed by atoms with Gasteiger partial charge >= 0.3 is 12.1 Å². The SMILES string of the molecule is COC(=O)c1ccc(C#CCCNC(=O)OCC2c3ccccc3-c3ccccc32)c(C)c1. The molecule has 3 aromatic carbocycles. The van der Waals surface area contributed by atoms with Crippen molar-refractivity contribution >= 4 is 12.1 Å². The molecule has 0 bridgehead atoms. The zero-order valence-electron chi connectivity index (χ0n) is 18.7.